The number of nitrogens with zero attached hydrogens (tertiary/aromatic N) is 4. The van der Waals surface area contributed by atoms with Crippen LogP contribution in [-0.2, 0) is 4.74 Å². The van der Waals surface area contributed by atoms with E-state index in [-0.39, 0.29) is 28.7 Å². The Morgan fingerprint density at radius 3 is 2.75 bits per heavy atom. The highest BCUT2D eigenvalue weighted by Gasteiger charge is 2.17. The first kappa shape index (κ1) is 27.1. The van der Waals surface area contributed by atoms with Crippen molar-refractivity contribution >= 4 is 11.9 Å². The molecule has 192 valence electrons. The molecule has 4 rings (SSSR count). The van der Waals surface area contributed by atoms with Crippen LogP contribution in [-0.4, -0.2) is 39.3 Å². The minimum Gasteiger partial charge on any atom is -0.404 e. The number of hydrogen-bond donors (Lipinski definition) is 1. The number of nitrogens with two attached hydrogens (primary N) is 1. The van der Waals surface area contributed by atoms with Crippen molar-refractivity contribution in [2.75, 3.05) is 6.61 Å². The zero-order chi connectivity index (χ0) is 26.2. The van der Waals surface area contributed by atoms with E-state index >= 15 is 0 Å². The van der Waals surface area contributed by atoms with Crippen LogP contribution in [0, 0.1) is 24.4 Å². The number of hydrogen-bond acceptors (Lipinski definition) is 6. The van der Waals surface area contributed by atoms with E-state index < -0.39 is 23.0 Å². The fourth-order valence-corrected chi connectivity index (χ4v) is 3.58. The lowest BCUT2D eigenvalue weighted by Crippen LogP contribution is -2.23. The van der Waals surface area contributed by atoms with E-state index in [0.29, 0.717) is 12.1 Å². The van der Waals surface area contributed by atoms with E-state index in [1.807, 2.05) is 6.21 Å². The van der Waals surface area contributed by atoms with E-state index in [1.54, 1.807) is 6.20 Å². The molecule has 0 saturated carbocycles. The number of benzene rings is 1. The highest BCUT2D eigenvalue weighted by atomic mass is 19.1. The lowest BCUT2D eigenvalue weighted by Gasteiger charge is -2.23. The van der Waals surface area contributed by atoms with Crippen molar-refractivity contribution in [3.63, 3.8) is 0 Å². The summed E-state index contributed by atoms with van der Waals surface area (Å²) in [7, 11) is 0. The molecule has 3 heterocycles. The summed E-state index contributed by atoms with van der Waals surface area (Å²) in [6.45, 7) is 6.41. The van der Waals surface area contributed by atoms with E-state index in [9.17, 15) is 18.0 Å². The highest BCUT2D eigenvalue weighted by Crippen LogP contribution is 2.24. The van der Waals surface area contributed by atoms with Gasteiger partial charge in [-0.3, -0.25) is 19.2 Å². The summed E-state index contributed by atoms with van der Waals surface area (Å²) in [5.41, 5.74) is 5.63. The van der Waals surface area contributed by atoms with Crippen molar-refractivity contribution in [2.45, 2.75) is 58.6 Å². The van der Waals surface area contributed by atoms with Gasteiger partial charge in [-0.05, 0) is 51.7 Å². The van der Waals surface area contributed by atoms with Crippen LogP contribution < -0.4 is 11.3 Å². The Labute approximate surface area is 207 Å². The molecule has 7 nitrogen and oxygen atoms in total. The SMILES string of the molecule is CCC(C)N=C/C(=C\N)[C@H]1CCCCO1.Cc1nc2c(-c3ccc(F)cc3F)nccn2c(=O)c1F. The van der Waals surface area contributed by atoms with Crippen LogP contribution in [0.15, 0.2) is 52.2 Å². The lowest BCUT2D eigenvalue weighted by molar-refractivity contribution is 0.0429. The molecule has 3 aromatic rings. The number of ether oxygens (including phenoxy) is 1. The molecule has 0 spiro atoms. The average Bonchev–Trinajstić information content (AvgIpc) is 2.88. The summed E-state index contributed by atoms with van der Waals surface area (Å²) in [5, 5.41) is 0. The summed E-state index contributed by atoms with van der Waals surface area (Å²) in [6.07, 6.45) is 10.6. The quantitative estimate of drug-likeness (QED) is 0.509. The Bertz CT molecular complexity index is 1320. The summed E-state index contributed by atoms with van der Waals surface area (Å²) >= 11 is 0. The van der Waals surface area contributed by atoms with Crippen molar-refractivity contribution in [3.05, 3.63) is 75.9 Å². The Hall–Kier alpha value is -3.53. The minimum absolute atomic E-state index is 0.00640. The molecule has 1 saturated heterocycles. The maximum Gasteiger partial charge on any atom is 0.294 e. The molecular formula is C26H30F3N5O2. The highest BCUT2D eigenvalue weighted by molar-refractivity contribution is 5.79. The second kappa shape index (κ2) is 12.4. The Kier molecular flexibility index (Phi) is 9.35. The molecule has 1 aromatic carbocycles. The Morgan fingerprint density at radius 1 is 1.33 bits per heavy atom. The largest absolute Gasteiger partial charge is 0.404 e. The first-order valence-electron chi connectivity index (χ1n) is 11.8. The number of aliphatic imine (C=N–C) groups is 1. The fourth-order valence-electron chi connectivity index (χ4n) is 3.58. The average molecular weight is 502 g/mol. The number of halogens is 3. The summed E-state index contributed by atoms with van der Waals surface area (Å²) in [5.74, 6) is -2.56. The van der Waals surface area contributed by atoms with Crippen LogP contribution >= 0.6 is 0 Å². The first-order chi connectivity index (χ1) is 17.3. The predicted molar refractivity (Wildman–Crippen MR) is 133 cm³/mol. The molecule has 2 atom stereocenters. The van der Waals surface area contributed by atoms with Gasteiger partial charge < -0.3 is 10.5 Å². The van der Waals surface area contributed by atoms with E-state index in [0.717, 1.165) is 41.9 Å². The zero-order valence-corrected chi connectivity index (χ0v) is 20.5. The van der Waals surface area contributed by atoms with Crippen molar-refractivity contribution in [1.82, 2.24) is 14.4 Å². The predicted octanol–water partition coefficient (Wildman–Crippen LogP) is 4.75. The second-order valence-electron chi connectivity index (χ2n) is 8.47. The van der Waals surface area contributed by atoms with Crippen molar-refractivity contribution in [3.8, 4) is 11.3 Å². The van der Waals surface area contributed by atoms with Gasteiger partial charge in [-0.25, -0.2) is 13.8 Å². The van der Waals surface area contributed by atoms with Gasteiger partial charge in [0.05, 0.1) is 11.8 Å². The molecule has 1 unspecified atom stereocenters. The van der Waals surface area contributed by atoms with E-state index in [4.69, 9.17) is 10.5 Å². The lowest BCUT2D eigenvalue weighted by atomic mass is 10.0. The van der Waals surface area contributed by atoms with E-state index in [1.165, 1.54) is 31.8 Å². The van der Waals surface area contributed by atoms with Crippen LogP contribution in [0.4, 0.5) is 13.2 Å². The third-order valence-corrected chi connectivity index (χ3v) is 5.86. The van der Waals surface area contributed by atoms with Gasteiger partial charge in [0, 0.05) is 54.7 Å². The number of aromatic nitrogens is 3. The molecule has 36 heavy (non-hydrogen) atoms. The molecule has 0 bridgehead atoms. The van der Waals surface area contributed by atoms with Crippen LogP contribution in [0.5, 0.6) is 0 Å². The fraction of sp³-hybridized carbons (Fsp3) is 0.385. The zero-order valence-electron chi connectivity index (χ0n) is 20.5. The molecule has 1 aliphatic rings. The number of fused-ring (bicyclic) bond motifs is 1. The third-order valence-electron chi connectivity index (χ3n) is 5.86. The first-order valence-corrected chi connectivity index (χ1v) is 11.8. The summed E-state index contributed by atoms with van der Waals surface area (Å²) in [6, 6.07) is 3.33. The Balaban J connectivity index is 0.000000214. The molecule has 2 aromatic heterocycles. The van der Waals surface area contributed by atoms with Gasteiger partial charge in [0.2, 0.25) is 5.82 Å². The van der Waals surface area contributed by atoms with Crippen molar-refractivity contribution in [1.29, 1.82) is 0 Å². The van der Waals surface area contributed by atoms with Gasteiger partial charge >= 0.3 is 0 Å². The normalized spacial score (nSPS) is 17.2. The maximum absolute atomic E-state index is 13.9. The third kappa shape index (κ3) is 6.37. The molecule has 0 aliphatic carbocycles. The summed E-state index contributed by atoms with van der Waals surface area (Å²) < 4.78 is 47.0. The standard InChI is InChI=1S/C14H8F3N3O.C12H22N2O/c1-7-11(17)14(21)20-5-4-18-12(13(20)19-7)9-3-2-8(15)6-10(9)16;1-3-10(2)14-9-11(8-13)12-6-4-5-7-15-12/h2-6H,1H3;8-10,12H,3-7,13H2,1-2H3/b;11-8+,14-9?/t;10?,12-/m.1/s1. The van der Waals surface area contributed by atoms with Gasteiger partial charge in [-0.2, -0.15) is 4.39 Å². The van der Waals surface area contributed by atoms with Crippen LogP contribution in [0.1, 0.15) is 45.2 Å². The van der Waals surface area contributed by atoms with Crippen LogP contribution in [0.2, 0.25) is 0 Å². The van der Waals surface area contributed by atoms with Crippen LogP contribution in [0.25, 0.3) is 16.9 Å². The molecule has 0 radical (unpaired) electrons. The smallest absolute Gasteiger partial charge is 0.294 e. The molecule has 0 amide bonds. The van der Waals surface area contributed by atoms with Crippen molar-refractivity contribution in [2.24, 2.45) is 10.7 Å². The van der Waals surface area contributed by atoms with Gasteiger partial charge in [0.25, 0.3) is 5.56 Å². The molecule has 2 N–H and O–H groups in total. The summed E-state index contributed by atoms with van der Waals surface area (Å²) in [4.78, 5) is 24.2. The molecule has 10 heteroatoms. The van der Waals surface area contributed by atoms with Gasteiger partial charge in [-0.1, -0.05) is 6.92 Å². The van der Waals surface area contributed by atoms with E-state index in [2.05, 4.69) is 28.8 Å². The van der Waals surface area contributed by atoms with Gasteiger partial charge in [0.15, 0.2) is 5.65 Å². The Morgan fingerprint density at radius 2 is 2.11 bits per heavy atom. The maximum atomic E-state index is 13.9. The number of aryl methyl sites for hydroxylation is 1. The van der Waals surface area contributed by atoms with Crippen molar-refractivity contribution < 1.29 is 17.9 Å². The molecule has 1 aliphatic heterocycles. The second-order valence-corrected chi connectivity index (χ2v) is 8.47. The molecular weight excluding hydrogens is 471 g/mol. The van der Waals surface area contributed by atoms with Crippen LogP contribution in [0.3, 0.4) is 0 Å². The minimum atomic E-state index is -0.982. The topological polar surface area (TPSA) is 94.9 Å². The van der Waals surface area contributed by atoms with Gasteiger partial charge in [0.1, 0.15) is 17.3 Å². The molecule has 1 fully saturated rings. The number of rotatable bonds is 5. The monoisotopic (exact) mass is 501 g/mol. The van der Waals surface area contributed by atoms with Gasteiger partial charge in [-0.15, -0.1) is 0 Å².